The fourth-order valence-electron chi connectivity index (χ4n) is 1.60. The molecule has 0 radical (unpaired) electrons. The van der Waals surface area contributed by atoms with E-state index in [-0.39, 0.29) is 6.42 Å². The average molecular weight is 267 g/mol. The number of nitrogens with two attached hydrogens (primary N) is 1. The third-order valence-corrected chi connectivity index (χ3v) is 4.38. The highest BCUT2D eigenvalue weighted by Gasteiger charge is 2.23. The van der Waals surface area contributed by atoms with E-state index in [0.29, 0.717) is 11.4 Å². The Labute approximate surface area is 108 Å². The van der Waals surface area contributed by atoms with E-state index in [1.165, 1.54) is 0 Å². The molecule has 5 nitrogen and oxygen atoms in total. The Balaban J connectivity index is 2.99. The van der Waals surface area contributed by atoms with Gasteiger partial charge in [0.15, 0.2) is 5.25 Å². The summed E-state index contributed by atoms with van der Waals surface area (Å²) in [6, 6.07) is 6.77. The minimum atomic E-state index is -3.68. The summed E-state index contributed by atoms with van der Waals surface area (Å²) in [7, 11) is -3.68. The third-order valence-electron chi connectivity index (χ3n) is 2.68. The Kier molecular flexibility index (Phi) is 4.56. The second-order valence-electron chi connectivity index (χ2n) is 3.94. The fourth-order valence-corrected chi connectivity index (χ4v) is 2.77. The van der Waals surface area contributed by atoms with Crippen molar-refractivity contribution in [3.05, 3.63) is 23.8 Å². The molecule has 1 unspecified atom stereocenters. The lowest BCUT2D eigenvalue weighted by atomic mass is 10.1. The van der Waals surface area contributed by atoms with E-state index < -0.39 is 15.3 Å². The number of nitrogens with one attached hydrogen (secondary N) is 1. The highest BCUT2D eigenvalue weighted by molar-refractivity contribution is 7.93. The van der Waals surface area contributed by atoms with Crippen LogP contribution in [0.5, 0.6) is 0 Å². The van der Waals surface area contributed by atoms with Crippen molar-refractivity contribution in [2.75, 3.05) is 10.5 Å². The molecule has 6 heteroatoms. The second-order valence-corrected chi connectivity index (χ2v) is 5.80. The van der Waals surface area contributed by atoms with Crippen LogP contribution in [-0.2, 0) is 16.4 Å². The number of benzene rings is 1. The molecule has 0 bridgehead atoms. The van der Waals surface area contributed by atoms with Crippen molar-refractivity contribution < 1.29 is 8.42 Å². The molecule has 0 fully saturated rings. The van der Waals surface area contributed by atoms with Crippen LogP contribution in [0, 0.1) is 11.3 Å². The average Bonchev–Trinajstić information content (AvgIpc) is 2.29. The number of nitrogen functional groups attached to an aromatic ring is 1. The highest BCUT2D eigenvalue weighted by Crippen LogP contribution is 2.20. The molecular weight excluding hydrogens is 250 g/mol. The molecule has 0 aliphatic heterocycles. The van der Waals surface area contributed by atoms with Crippen LogP contribution >= 0.6 is 0 Å². The standard InChI is InChI=1S/C12H17N3O2S/c1-3-9-5-6-10(7-12(9)14)15-18(16,17)11(4-2)8-13/h5-7,11,15H,3-4,14H2,1-2H3. The summed E-state index contributed by atoms with van der Waals surface area (Å²) in [4.78, 5) is 0. The van der Waals surface area contributed by atoms with Crippen LogP contribution in [0.4, 0.5) is 11.4 Å². The van der Waals surface area contributed by atoms with Crippen molar-refractivity contribution in [2.45, 2.75) is 31.9 Å². The molecule has 0 aliphatic carbocycles. The van der Waals surface area contributed by atoms with E-state index in [1.807, 2.05) is 6.92 Å². The van der Waals surface area contributed by atoms with Gasteiger partial charge >= 0.3 is 0 Å². The number of nitriles is 1. The first-order valence-electron chi connectivity index (χ1n) is 5.74. The van der Waals surface area contributed by atoms with Gasteiger partial charge in [0.1, 0.15) is 0 Å². The van der Waals surface area contributed by atoms with Crippen LogP contribution in [0.15, 0.2) is 18.2 Å². The Morgan fingerprint density at radius 3 is 2.56 bits per heavy atom. The zero-order chi connectivity index (χ0) is 13.8. The van der Waals surface area contributed by atoms with E-state index in [1.54, 1.807) is 31.2 Å². The molecule has 3 N–H and O–H groups in total. The van der Waals surface area contributed by atoms with E-state index in [2.05, 4.69) is 4.72 Å². The monoisotopic (exact) mass is 267 g/mol. The second kappa shape index (κ2) is 5.74. The molecule has 0 heterocycles. The molecule has 1 aromatic rings. The number of rotatable bonds is 5. The summed E-state index contributed by atoms with van der Waals surface area (Å²) in [6.45, 7) is 3.62. The molecule has 0 saturated heterocycles. The van der Waals surface area contributed by atoms with Crippen LogP contribution in [0.3, 0.4) is 0 Å². The van der Waals surface area contributed by atoms with Crippen LogP contribution in [-0.4, -0.2) is 13.7 Å². The van der Waals surface area contributed by atoms with Gasteiger partial charge in [0.2, 0.25) is 10.0 Å². The topological polar surface area (TPSA) is 96.0 Å². The van der Waals surface area contributed by atoms with Gasteiger partial charge in [0.25, 0.3) is 0 Å². The number of sulfonamides is 1. The maximum Gasteiger partial charge on any atom is 0.249 e. The molecule has 1 rings (SSSR count). The Bertz CT molecular complexity index is 561. The maximum atomic E-state index is 11.9. The Morgan fingerprint density at radius 1 is 1.44 bits per heavy atom. The predicted molar refractivity (Wildman–Crippen MR) is 72.5 cm³/mol. The van der Waals surface area contributed by atoms with Gasteiger partial charge in [-0.1, -0.05) is 19.9 Å². The summed E-state index contributed by atoms with van der Waals surface area (Å²) in [5, 5.41) is 7.73. The number of hydrogen-bond donors (Lipinski definition) is 2. The first-order chi connectivity index (χ1) is 8.44. The Morgan fingerprint density at radius 2 is 2.11 bits per heavy atom. The minimum Gasteiger partial charge on any atom is -0.398 e. The zero-order valence-corrected chi connectivity index (χ0v) is 11.3. The quantitative estimate of drug-likeness (QED) is 0.796. The maximum absolute atomic E-state index is 11.9. The lowest BCUT2D eigenvalue weighted by molar-refractivity contribution is 0.593. The zero-order valence-electron chi connectivity index (χ0n) is 10.5. The summed E-state index contributed by atoms with van der Waals surface area (Å²) in [5.41, 5.74) is 7.69. The molecule has 1 aromatic carbocycles. The van der Waals surface area contributed by atoms with Crippen molar-refractivity contribution in [2.24, 2.45) is 0 Å². The van der Waals surface area contributed by atoms with E-state index in [0.717, 1.165) is 12.0 Å². The van der Waals surface area contributed by atoms with Crippen LogP contribution in [0.1, 0.15) is 25.8 Å². The SMILES string of the molecule is CCc1ccc(NS(=O)(=O)C(C#N)CC)cc1N. The number of nitrogens with zero attached hydrogens (tertiary/aromatic N) is 1. The summed E-state index contributed by atoms with van der Waals surface area (Å²) >= 11 is 0. The lowest BCUT2D eigenvalue weighted by Crippen LogP contribution is -2.26. The summed E-state index contributed by atoms with van der Waals surface area (Å²) < 4.78 is 26.1. The van der Waals surface area contributed by atoms with E-state index in [9.17, 15) is 8.42 Å². The van der Waals surface area contributed by atoms with Crippen molar-refractivity contribution >= 4 is 21.4 Å². The summed E-state index contributed by atoms with van der Waals surface area (Å²) in [6.07, 6.45) is 1.03. The van der Waals surface area contributed by atoms with Crippen LogP contribution < -0.4 is 10.5 Å². The smallest absolute Gasteiger partial charge is 0.249 e. The molecule has 98 valence electrons. The van der Waals surface area contributed by atoms with Gasteiger partial charge in [-0.25, -0.2) is 8.42 Å². The summed E-state index contributed by atoms with van der Waals surface area (Å²) in [5.74, 6) is 0. The van der Waals surface area contributed by atoms with Crippen molar-refractivity contribution in [1.29, 1.82) is 5.26 Å². The Hall–Kier alpha value is -1.74. The van der Waals surface area contributed by atoms with Gasteiger partial charge in [-0.3, -0.25) is 4.72 Å². The van der Waals surface area contributed by atoms with Gasteiger partial charge in [-0.15, -0.1) is 0 Å². The van der Waals surface area contributed by atoms with Crippen molar-refractivity contribution in [3.63, 3.8) is 0 Å². The largest absolute Gasteiger partial charge is 0.398 e. The number of anilines is 2. The molecular formula is C12H17N3O2S. The van der Waals surface area contributed by atoms with Gasteiger partial charge < -0.3 is 5.73 Å². The van der Waals surface area contributed by atoms with E-state index in [4.69, 9.17) is 11.0 Å². The molecule has 18 heavy (non-hydrogen) atoms. The first-order valence-corrected chi connectivity index (χ1v) is 7.28. The normalized spacial score (nSPS) is 12.7. The number of hydrogen-bond acceptors (Lipinski definition) is 4. The fraction of sp³-hybridized carbons (Fsp3) is 0.417. The molecule has 0 aromatic heterocycles. The molecule has 0 saturated carbocycles. The van der Waals surface area contributed by atoms with Gasteiger partial charge in [-0.05, 0) is 30.5 Å². The van der Waals surface area contributed by atoms with E-state index >= 15 is 0 Å². The molecule has 1 atom stereocenters. The van der Waals surface area contributed by atoms with Crippen LogP contribution in [0.2, 0.25) is 0 Å². The molecule has 0 spiro atoms. The predicted octanol–water partition coefficient (Wildman–Crippen LogP) is 1.88. The van der Waals surface area contributed by atoms with Gasteiger partial charge in [0, 0.05) is 5.69 Å². The third kappa shape index (κ3) is 3.14. The van der Waals surface area contributed by atoms with Crippen LogP contribution in [0.25, 0.3) is 0 Å². The molecule has 0 aliphatic rings. The molecule has 0 amide bonds. The van der Waals surface area contributed by atoms with Gasteiger partial charge in [0.05, 0.1) is 11.8 Å². The highest BCUT2D eigenvalue weighted by atomic mass is 32.2. The number of aryl methyl sites for hydroxylation is 1. The first kappa shape index (κ1) is 14.3. The lowest BCUT2D eigenvalue weighted by Gasteiger charge is -2.12. The van der Waals surface area contributed by atoms with Crippen molar-refractivity contribution in [1.82, 2.24) is 0 Å². The van der Waals surface area contributed by atoms with Crippen molar-refractivity contribution in [3.8, 4) is 6.07 Å². The van der Waals surface area contributed by atoms with Gasteiger partial charge in [-0.2, -0.15) is 5.26 Å². The minimum absolute atomic E-state index is 0.244.